The van der Waals surface area contributed by atoms with E-state index in [1.54, 1.807) is 19.3 Å². The van der Waals surface area contributed by atoms with Crippen molar-refractivity contribution in [3.05, 3.63) is 30.4 Å². The first-order chi connectivity index (χ1) is 6.79. The molecule has 0 unspecified atom stereocenters. The Morgan fingerprint density at radius 1 is 1.50 bits per heavy atom. The van der Waals surface area contributed by atoms with Crippen molar-refractivity contribution in [1.82, 2.24) is 9.97 Å². The first-order valence-electron chi connectivity index (χ1n) is 4.34. The molecular formula is C10H12N2OS. The van der Waals surface area contributed by atoms with E-state index in [2.05, 4.69) is 9.97 Å². The molecule has 1 aromatic rings. The van der Waals surface area contributed by atoms with Crippen LogP contribution in [0.2, 0.25) is 0 Å². The fraction of sp³-hybridized carbons (Fsp3) is 0.300. The Bertz CT molecular complexity index is 311. The van der Waals surface area contributed by atoms with Crippen molar-refractivity contribution in [3.8, 4) is 0 Å². The van der Waals surface area contributed by atoms with E-state index in [9.17, 15) is 4.79 Å². The molecule has 0 spiro atoms. The van der Waals surface area contributed by atoms with E-state index in [4.69, 9.17) is 0 Å². The number of rotatable bonds is 4. The minimum atomic E-state index is 0.168. The molecule has 14 heavy (non-hydrogen) atoms. The fourth-order valence-electron chi connectivity index (χ4n) is 0.887. The molecule has 0 saturated heterocycles. The molecule has 0 radical (unpaired) electrons. The summed E-state index contributed by atoms with van der Waals surface area (Å²) in [5.41, 5.74) is 0.986. The van der Waals surface area contributed by atoms with E-state index < -0.39 is 0 Å². The van der Waals surface area contributed by atoms with Gasteiger partial charge in [0, 0.05) is 30.6 Å². The van der Waals surface area contributed by atoms with Gasteiger partial charge in [0.25, 0.3) is 0 Å². The molecule has 74 valence electrons. The summed E-state index contributed by atoms with van der Waals surface area (Å²) < 4.78 is 0. The van der Waals surface area contributed by atoms with Gasteiger partial charge in [-0.3, -0.25) is 4.79 Å². The highest BCUT2D eigenvalue weighted by Crippen LogP contribution is 2.05. The van der Waals surface area contributed by atoms with Crippen LogP contribution in [0.25, 0.3) is 6.08 Å². The number of allylic oxidation sites excluding steroid dienone is 1. The van der Waals surface area contributed by atoms with Crippen LogP contribution in [0.4, 0.5) is 0 Å². The molecule has 0 fully saturated rings. The molecule has 3 nitrogen and oxygen atoms in total. The van der Waals surface area contributed by atoms with E-state index in [-0.39, 0.29) is 5.12 Å². The highest BCUT2D eigenvalue weighted by molar-refractivity contribution is 8.13. The average Bonchev–Trinajstić information content (AvgIpc) is 2.18. The lowest BCUT2D eigenvalue weighted by molar-refractivity contribution is -0.109. The third kappa shape index (κ3) is 4.77. The molecule has 0 N–H and O–H groups in total. The van der Waals surface area contributed by atoms with Crippen LogP contribution in [-0.4, -0.2) is 20.8 Å². The summed E-state index contributed by atoms with van der Waals surface area (Å²) in [4.78, 5) is 18.4. The average molecular weight is 208 g/mol. The summed E-state index contributed by atoms with van der Waals surface area (Å²) >= 11 is 1.35. The number of aromatic nitrogens is 2. The third-order valence-corrected chi connectivity index (χ3v) is 2.33. The second kappa shape index (κ2) is 6.32. The molecule has 0 aromatic carbocycles. The van der Waals surface area contributed by atoms with Crippen LogP contribution in [0.1, 0.15) is 18.9 Å². The van der Waals surface area contributed by atoms with E-state index in [1.165, 1.54) is 18.1 Å². The van der Waals surface area contributed by atoms with Gasteiger partial charge in [-0.2, -0.15) is 0 Å². The molecule has 0 saturated carbocycles. The Morgan fingerprint density at radius 3 is 2.86 bits per heavy atom. The summed E-state index contributed by atoms with van der Waals surface area (Å²) in [6.07, 6.45) is 9.88. The van der Waals surface area contributed by atoms with Crippen LogP contribution >= 0.6 is 11.8 Å². The Hall–Kier alpha value is -1.16. The van der Waals surface area contributed by atoms with Crippen molar-refractivity contribution in [2.24, 2.45) is 0 Å². The van der Waals surface area contributed by atoms with Gasteiger partial charge < -0.3 is 0 Å². The highest BCUT2D eigenvalue weighted by atomic mass is 32.2. The molecule has 0 amide bonds. The maximum absolute atomic E-state index is 10.6. The lowest BCUT2D eigenvalue weighted by Gasteiger charge is -1.92. The predicted octanol–water partition coefficient (Wildman–Crippen LogP) is 2.16. The summed E-state index contributed by atoms with van der Waals surface area (Å²) in [5.74, 6) is 0.833. The summed E-state index contributed by atoms with van der Waals surface area (Å²) in [6, 6.07) is 0. The highest BCUT2D eigenvalue weighted by Gasteiger charge is 1.90. The molecule has 0 aliphatic rings. The normalized spacial score (nSPS) is 10.6. The lowest BCUT2D eigenvalue weighted by Crippen LogP contribution is -1.84. The number of hydrogen-bond donors (Lipinski definition) is 0. The monoisotopic (exact) mass is 208 g/mol. The molecular weight excluding hydrogens is 196 g/mol. The maximum Gasteiger partial charge on any atom is 0.185 e. The molecule has 0 aliphatic carbocycles. The smallest absolute Gasteiger partial charge is 0.185 e. The Labute approximate surface area is 87.7 Å². The van der Waals surface area contributed by atoms with Crippen LogP contribution in [0.3, 0.4) is 0 Å². The van der Waals surface area contributed by atoms with Crippen LogP contribution in [0, 0.1) is 0 Å². The van der Waals surface area contributed by atoms with Crippen molar-refractivity contribution >= 4 is 23.0 Å². The number of carbonyl (C=O) groups is 1. The first-order valence-corrected chi connectivity index (χ1v) is 5.32. The molecule has 0 atom stereocenters. The summed E-state index contributed by atoms with van der Waals surface area (Å²) in [7, 11) is 0. The van der Waals surface area contributed by atoms with Crippen LogP contribution < -0.4 is 0 Å². The van der Waals surface area contributed by atoms with Gasteiger partial charge in [-0.15, -0.1) is 0 Å². The van der Waals surface area contributed by atoms with Gasteiger partial charge in [0.2, 0.25) is 0 Å². The van der Waals surface area contributed by atoms with E-state index in [1.807, 2.05) is 12.2 Å². The summed E-state index contributed by atoms with van der Waals surface area (Å²) in [5, 5.41) is 0.168. The second-order valence-electron chi connectivity index (χ2n) is 2.70. The van der Waals surface area contributed by atoms with E-state index in [0.29, 0.717) is 0 Å². The van der Waals surface area contributed by atoms with Gasteiger partial charge >= 0.3 is 0 Å². The van der Waals surface area contributed by atoms with Crippen LogP contribution in [-0.2, 0) is 4.79 Å². The van der Waals surface area contributed by atoms with Gasteiger partial charge in [-0.05, 0) is 6.42 Å². The number of thioether (sulfide) groups is 1. The number of carbonyl (C=O) groups excluding carboxylic acids is 1. The van der Waals surface area contributed by atoms with Crippen molar-refractivity contribution in [2.45, 2.75) is 13.3 Å². The van der Waals surface area contributed by atoms with Crippen molar-refractivity contribution in [1.29, 1.82) is 0 Å². The van der Waals surface area contributed by atoms with Gasteiger partial charge in [-0.25, -0.2) is 9.97 Å². The predicted molar refractivity (Wildman–Crippen MR) is 58.8 cm³/mol. The zero-order valence-corrected chi connectivity index (χ0v) is 8.83. The standard InChI is InChI=1S/C10H12N2OS/c1-9(13)14-5-3-2-4-10-6-11-8-12-7-10/h2,4,6-8H,3,5H2,1H3. The molecule has 0 aliphatic heterocycles. The summed E-state index contributed by atoms with van der Waals surface area (Å²) in [6.45, 7) is 1.58. The lowest BCUT2D eigenvalue weighted by atomic mass is 10.3. The molecule has 0 bridgehead atoms. The quantitative estimate of drug-likeness (QED) is 0.711. The second-order valence-corrected chi connectivity index (χ2v) is 3.97. The van der Waals surface area contributed by atoms with E-state index in [0.717, 1.165) is 17.7 Å². The topological polar surface area (TPSA) is 42.9 Å². The zero-order chi connectivity index (χ0) is 10.2. The largest absolute Gasteiger partial charge is 0.288 e. The molecule has 4 heteroatoms. The number of nitrogens with zero attached hydrogens (tertiary/aromatic N) is 2. The van der Waals surface area contributed by atoms with Crippen molar-refractivity contribution < 1.29 is 4.79 Å². The third-order valence-electron chi connectivity index (χ3n) is 1.48. The minimum absolute atomic E-state index is 0.168. The number of hydrogen-bond acceptors (Lipinski definition) is 4. The fourth-order valence-corrected chi connectivity index (χ4v) is 1.43. The Balaban J connectivity index is 2.25. The zero-order valence-electron chi connectivity index (χ0n) is 8.01. The van der Waals surface area contributed by atoms with Crippen molar-refractivity contribution in [2.75, 3.05) is 5.75 Å². The molecule has 1 aromatic heterocycles. The SMILES string of the molecule is CC(=O)SCCC=Cc1cncnc1. The van der Waals surface area contributed by atoms with Crippen LogP contribution in [0.15, 0.2) is 24.8 Å². The van der Waals surface area contributed by atoms with Gasteiger partial charge in [0.1, 0.15) is 6.33 Å². The van der Waals surface area contributed by atoms with Gasteiger partial charge in [-0.1, -0.05) is 23.9 Å². The van der Waals surface area contributed by atoms with Crippen molar-refractivity contribution in [3.63, 3.8) is 0 Å². The minimum Gasteiger partial charge on any atom is -0.288 e. The Kier molecular flexibility index (Phi) is 4.93. The Morgan fingerprint density at radius 2 is 2.21 bits per heavy atom. The van der Waals surface area contributed by atoms with Crippen LogP contribution in [0.5, 0.6) is 0 Å². The first kappa shape index (κ1) is 10.9. The maximum atomic E-state index is 10.6. The molecule has 1 rings (SSSR count). The molecule has 1 heterocycles. The van der Waals surface area contributed by atoms with Gasteiger partial charge in [0.15, 0.2) is 5.12 Å². The van der Waals surface area contributed by atoms with Gasteiger partial charge in [0.05, 0.1) is 0 Å². The van der Waals surface area contributed by atoms with E-state index >= 15 is 0 Å².